The van der Waals surface area contributed by atoms with Crippen LogP contribution in [0.15, 0.2) is 47.6 Å². The van der Waals surface area contributed by atoms with Crippen molar-refractivity contribution < 1.29 is 4.79 Å². The predicted molar refractivity (Wildman–Crippen MR) is 80.8 cm³/mol. The molecule has 2 nitrogen and oxygen atoms in total. The third kappa shape index (κ3) is 1.60. The molecule has 0 unspecified atom stereocenters. The standard InChI is InChI=1S/C18H19NO/c1-12(20)19-17-9-5-4-8-15(17)16-10-13-6-2-3-7-14(13)11-18(16)19/h4-5,8-11,16,18H,2-3,6-7H2,1H3/t16-,18-/m0/s1. The highest BCUT2D eigenvalue weighted by molar-refractivity contribution is 5.96. The van der Waals surface area contributed by atoms with Gasteiger partial charge in [-0.15, -0.1) is 0 Å². The van der Waals surface area contributed by atoms with Gasteiger partial charge in [-0.1, -0.05) is 30.4 Å². The highest BCUT2D eigenvalue weighted by Gasteiger charge is 2.40. The Bertz CT molecular complexity index is 641. The first-order valence-electron chi connectivity index (χ1n) is 7.56. The van der Waals surface area contributed by atoms with Crippen LogP contribution in [0, 0.1) is 0 Å². The number of carbonyl (C=O) groups excluding carboxylic acids is 1. The van der Waals surface area contributed by atoms with Crippen molar-refractivity contribution in [2.75, 3.05) is 4.90 Å². The number of para-hydroxylation sites is 1. The van der Waals surface area contributed by atoms with Gasteiger partial charge in [0.15, 0.2) is 0 Å². The molecular weight excluding hydrogens is 246 g/mol. The van der Waals surface area contributed by atoms with Crippen LogP contribution < -0.4 is 4.90 Å². The number of rotatable bonds is 0. The molecule has 1 fully saturated rings. The summed E-state index contributed by atoms with van der Waals surface area (Å²) in [6, 6.07) is 8.56. The Morgan fingerprint density at radius 2 is 1.80 bits per heavy atom. The van der Waals surface area contributed by atoms with Crippen LogP contribution in [0.25, 0.3) is 0 Å². The molecule has 1 aromatic carbocycles. The summed E-state index contributed by atoms with van der Waals surface area (Å²) in [5.41, 5.74) is 5.41. The average Bonchev–Trinajstić information content (AvgIpc) is 2.78. The third-order valence-corrected chi connectivity index (χ3v) is 4.87. The first kappa shape index (κ1) is 12.0. The summed E-state index contributed by atoms with van der Waals surface area (Å²) in [5.74, 6) is 0.501. The number of anilines is 1. The predicted octanol–water partition coefficient (Wildman–Crippen LogP) is 3.95. The van der Waals surface area contributed by atoms with E-state index in [1.165, 1.54) is 42.4 Å². The molecule has 2 aliphatic carbocycles. The van der Waals surface area contributed by atoms with Gasteiger partial charge in [-0.2, -0.15) is 0 Å². The van der Waals surface area contributed by atoms with Crippen LogP contribution in [-0.2, 0) is 4.79 Å². The van der Waals surface area contributed by atoms with E-state index in [4.69, 9.17) is 0 Å². The van der Waals surface area contributed by atoms with Crippen LogP contribution in [0.1, 0.15) is 44.1 Å². The fourth-order valence-electron chi connectivity index (χ4n) is 4.00. The number of nitrogens with zero attached hydrogens (tertiary/aromatic N) is 1. The van der Waals surface area contributed by atoms with Crippen molar-refractivity contribution >= 4 is 11.6 Å². The fourth-order valence-corrected chi connectivity index (χ4v) is 4.00. The Balaban J connectivity index is 1.85. The summed E-state index contributed by atoms with van der Waals surface area (Å²) in [5, 5.41) is 0. The van der Waals surface area contributed by atoms with Gasteiger partial charge in [0, 0.05) is 18.5 Å². The first-order chi connectivity index (χ1) is 9.75. The number of amides is 1. The zero-order chi connectivity index (χ0) is 13.7. The molecule has 2 heteroatoms. The van der Waals surface area contributed by atoms with Crippen molar-refractivity contribution in [2.24, 2.45) is 0 Å². The molecular formula is C18H19NO. The van der Waals surface area contributed by atoms with Gasteiger partial charge >= 0.3 is 0 Å². The summed E-state index contributed by atoms with van der Waals surface area (Å²) in [4.78, 5) is 14.1. The molecule has 0 bridgehead atoms. The van der Waals surface area contributed by atoms with Crippen molar-refractivity contribution in [3.8, 4) is 0 Å². The second-order valence-electron chi connectivity index (χ2n) is 6.06. The van der Waals surface area contributed by atoms with Crippen molar-refractivity contribution in [3.63, 3.8) is 0 Å². The topological polar surface area (TPSA) is 20.3 Å². The van der Waals surface area contributed by atoms with Gasteiger partial charge in [-0.3, -0.25) is 4.79 Å². The molecule has 1 aliphatic heterocycles. The van der Waals surface area contributed by atoms with Crippen LogP contribution in [-0.4, -0.2) is 11.9 Å². The van der Waals surface area contributed by atoms with Crippen LogP contribution in [0.3, 0.4) is 0 Å². The summed E-state index contributed by atoms with van der Waals surface area (Å²) in [6.07, 6.45) is 9.77. The van der Waals surface area contributed by atoms with Crippen molar-refractivity contribution in [1.82, 2.24) is 0 Å². The molecule has 4 rings (SSSR count). The van der Waals surface area contributed by atoms with E-state index in [1.807, 2.05) is 11.0 Å². The number of hydrogen-bond acceptors (Lipinski definition) is 1. The monoisotopic (exact) mass is 265 g/mol. The molecule has 1 heterocycles. The molecule has 0 spiro atoms. The number of allylic oxidation sites excluding steroid dienone is 2. The van der Waals surface area contributed by atoms with Gasteiger partial charge in [0.25, 0.3) is 0 Å². The zero-order valence-electron chi connectivity index (χ0n) is 11.8. The smallest absolute Gasteiger partial charge is 0.224 e. The van der Waals surface area contributed by atoms with Gasteiger partial charge in [-0.25, -0.2) is 0 Å². The lowest BCUT2D eigenvalue weighted by molar-refractivity contribution is -0.116. The van der Waals surface area contributed by atoms with Gasteiger partial charge in [0.1, 0.15) is 0 Å². The maximum Gasteiger partial charge on any atom is 0.224 e. The normalized spacial score (nSPS) is 27.1. The van der Waals surface area contributed by atoms with Gasteiger partial charge in [-0.05, 0) is 48.5 Å². The maximum absolute atomic E-state index is 12.1. The molecule has 1 saturated carbocycles. The Morgan fingerprint density at radius 1 is 1.10 bits per heavy atom. The van der Waals surface area contributed by atoms with E-state index < -0.39 is 0 Å². The Labute approximate surface area is 119 Å². The molecule has 1 aromatic rings. The lowest BCUT2D eigenvalue weighted by Crippen LogP contribution is -2.37. The number of carbonyl (C=O) groups is 1. The van der Waals surface area contributed by atoms with Gasteiger partial charge in [0.05, 0.1) is 6.04 Å². The maximum atomic E-state index is 12.1. The molecule has 0 saturated heterocycles. The van der Waals surface area contributed by atoms with E-state index in [9.17, 15) is 4.79 Å². The Morgan fingerprint density at radius 3 is 2.55 bits per heavy atom. The third-order valence-electron chi connectivity index (χ3n) is 4.87. The lowest BCUT2D eigenvalue weighted by Gasteiger charge is -2.31. The molecule has 20 heavy (non-hydrogen) atoms. The largest absolute Gasteiger partial charge is 0.305 e. The summed E-state index contributed by atoms with van der Waals surface area (Å²) >= 11 is 0. The number of benzene rings is 1. The minimum Gasteiger partial charge on any atom is -0.305 e. The lowest BCUT2D eigenvalue weighted by atomic mass is 9.79. The van der Waals surface area contributed by atoms with E-state index in [0.717, 1.165) is 5.69 Å². The van der Waals surface area contributed by atoms with Crippen molar-refractivity contribution in [3.05, 3.63) is 53.1 Å². The minimum absolute atomic E-state index is 0.148. The Kier molecular flexibility index (Phi) is 2.59. The van der Waals surface area contributed by atoms with Gasteiger partial charge < -0.3 is 4.90 Å². The molecule has 3 aliphatic rings. The molecule has 0 aromatic heterocycles. The van der Waals surface area contributed by atoms with E-state index in [2.05, 4.69) is 30.4 Å². The van der Waals surface area contributed by atoms with Crippen LogP contribution in [0.2, 0.25) is 0 Å². The Hall–Kier alpha value is -1.83. The molecule has 102 valence electrons. The number of fused-ring (bicyclic) bond motifs is 4. The minimum atomic E-state index is 0.148. The quantitative estimate of drug-likeness (QED) is 0.695. The fraction of sp³-hybridized carbons (Fsp3) is 0.389. The second-order valence-corrected chi connectivity index (χ2v) is 6.06. The SMILES string of the molecule is CC(=O)N1c2ccccc2[C@@H]2C=C3CCCCC3=C[C@@H]21. The van der Waals surface area contributed by atoms with Crippen molar-refractivity contribution in [1.29, 1.82) is 0 Å². The van der Waals surface area contributed by atoms with Gasteiger partial charge in [0.2, 0.25) is 5.91 Å². The van der Waals surface area contributed by atoms with E-state index in [0.29, 0.717) is 5.92 Å². The van der Waals surface area contributed by atoms with Crippen LogP contribution in [0.4, 0.5) is 5.69 Å². The molecule has 2 atom stereocenters. The molecule has 0 N–H and O–H groups in total. The number of hydrogen-bond donors (Lipinski definition) is 0. The summed E-state index contributed by atoms with van der Waals surface area (Å²) < 4.78 is 0. The zero-order valence-corrected chi connectivity index (χ0v) is 11.8. The average molecular weight is 265 g/mol. The molecule has 0 radical (unpaired) electrons. The van der Waals surface area contributed by atoms with Crippen LogP contribution >= 0.6 is 0 Å². The molecule has 1 amide bonds. The summed E-state index contributed by atoms with van der Waals surface area (Å²) in [6.45, 7) is 1.68. The highest BCUT2D eigenvalue weighted by atomic mass is 16.2. The summed E-state index contributed by atoms with van der Waals surface area (Å²) in [7, 11) is 0. The second kappa shape index (κ2) is 4.34. The van der Waals surface area contributed by atoms with E-state index in [-0.39, 0.29) is 11.9 Å². The highest BCUT2D eigenvalue weighted by Crippen LogP contribution is 2.47. The first-order valence-corrected chi connectivity index (χ1v) is 7.56. The van der Waals surface area contributed by atoms with E-state index >= 15 is 0 Å². The van der Waals surface area contributed by atoms with E-state index in [1.54, 1.807) is 6.92 Å². The van der Waals surface area contributed by atoms with Crippen LogP contribution in [0.5, 0.6) is 0 Å². The van der Waals surface area contributed by atoms with Crippen molar-refractivity contribution in [2.45, 2.75) is 44.6 Å².